The molecule has 0 unspecified atom stereocenters. The third kappa shape index (κ3) is 2.58. The van der Waals surface area contributed by atoms with Crippen molar-refractivity contribution in [3.8, 4) is 17.3 Å². The summed E-state index contributed by atoms with van der Waals surface area (Å²) in [5.74, 6) is 0.235. The number of hydrogen-bond donors (Lipinski definition) is 1. The number of hydrogen-bond acceptors (Lipinski definition) is 5. The van der Waals surface area contributed by atoms with E-state index in [4.69, 9.17) is 11.0 Å². The molecule has 7 heteroatoms. The van der Waals surface area contributed by atoms with Crippen LogP contribution in [0, 0.1) is 11.3 Å². The molecular formula is C14H11BrN6. The van der Waals surface area contributed by atoms with E-state index in [1.165, 1.54) is 0 Å². The first-order valence-electron chi connectivity index (χ1n) is 6.29. The number of rotatable bonds is 3. The van der Waals surface area contributed by atoms with Gasteiger partial charge in [0, 0.05) is 29.9 Å². The predicted octanol–water partition coefficient (Wildman–Crippen LogP) is 2.75. The van der Waals surface area contributed by atoms with Crippen molar-refractivity contribution in [2.75, 3.05) is 5.73 Å². The van der Waals surface area contributed by atoms with Crippen LogP contribution in [0.3, 0.4) is 0 Å². The molecule has 0 radical (unpaired) electrons. The number of anilines is 1. The van der Waals surface area contributed by atoms with Crippen LogP contribution in [0.5, 0.6) is 0 Å². The molecule has 3 aromatic heterocycles. The third-order valence-electron chi connectivity index (χ3n) is 3.15. The molecule has 21 heavy (non-hydrogen) atoms. The van der Waals surface area contributed by atoms with Gasteiger partial charge in [-0.2, -0.15) is 5.26 Å². The summed E-state index contributed by atoms with van der Waals surface area (Å²) in [6.07, 6.45) is 5.82. The van der Waals surface area contributed by atoms with Crippen molar-refractivity contribution in [1.29, 1.82) is 5.26 Å². The van der Waals surface area contributed by atoms with E-state index < -0.39 is 0 Å². The molecule has 0 aliphatic rings. The summed E-state index contributed by atoms with van der Waals surface area (Å²) in [7, 11) is 0. The van der Waals surface area contributed by atoms with Crippen LogP contribution in [-0.4, -0.2) is 19.5 Å². The van der Waals surface area contributed by atoms with E-state index in [0.29, 0.717) is 13.0 Å². The van der Waals surface area contributed by atoms with Gasteiger partial charge in [-0.25, -0.2) is 15.0 Å². The highest BCUT2D eigenvalue weighted by molar-refractivity contribution is 9.10. The van der Waals surface area contributed by atoms with Crippen LogP contribution < -0.4 is 5.73 Å². The van der Waals surface area contributed by atoms with Crippen LogP contribution in [0.15, 0.2) is 35.3 Å². The zero-order chi connectivity index (χ0) is 14.8. The van der Waals surface area contributed by atoms with Crippen molar-refractivity contribution in [2.24, 2.45) is 0 Å². The topological polar surface area (TPSA) is 93.4 Å². The highest BCUT2D eigenvalue weighted by Gasteiger charge is 2.12. The molecule has 0 bridgehead atoms. The minimum atomic E-state index is 0.235. The maximum absolute atomic E-state index is 8.78. The summed E-state index contributed by atoms with van der Waals surface area (Å²) in [5.41, 5.74) is 8.32. The molecule has 0 spiro atoms. The third-order valence-corrected chi connectivity index (χ3v) is 3.58. The van der Waals surface area contributed by atoms with Crippen LogP contribution >= 0.6 is 15.9 Å². The van der Waals surface area contributed by atoms with Crippen molar-refractivity contribution in [2.45, 2.75) is 13.0 Å². The number of halogens is 1. The average molecular weight is 343 g/mol. The van der Waals surface area contributed by atoms with Gasteiger partial charge >= 0.3 is 0 Å². The maximum Gasteiger partial charge on any atom is 0.220 e. The minimum absolute atomic E-state index is 0.235. The van der Waals surface area contributed by atoms with Crippen molar-refractivity contribution in [3.05, 3.63) is 35.3 Å². The molecule has 2 N–H and O–H groups in total. The summed E-state index contributed by atoms with van der Waals surface area (Å²) in [4.78, 5) is 12.4. The minimum Gasteiger partial charge on any atom is -0.368 e. The Labute approximate surface area is 129 Å². The van der Waals surface area contributed by atoms with E-state index in [9.17, 15) is 0 Å². The molecule has 0 saturated heterocycles. The summed E-state index contributed by atoms with van der Waals surface area (Å²) >= 11 is 3.39. The first kappa shape index (κ1) is 13.5. The Hall–Kier alpha value is -2.46. The number of nitrogen functional groups attached to an aromatic ring is 1. The van der Waals surface area contributed by atoms with E-state index in [1.807, 2.05) is 22.9 Å². The molecule has 3 aromatic rings. The van der Waals surface area contributed by atoms with Gasteiger partial charge in [0.1, 0.15) is 4.60 Å². The van der Waals surface area contributed by atoms with Crippen LogP contribution in [0.4, 0.5) is 5.95 Å². The number of nitriles is 1. The number of pyridine rings is 1. The van der Waals surface area contributed by atoms with Crippen molar-refractivity contribution < 1.29 is 0 Å². The lowest BCUT2D eigenvalue weighted by Gasteiger charge is -2.00. The molecule has 0 aromatic carbocycles. The Bertz CT molecular complexity index is 848. The van der Waals surface area contributed by atoms with Crippen LogP contribution in [-0.2, 0) is 6.54 Å². The monoisotopic (exact) mass is 342 g/mol. The van der Waals surface area contributed by atoms with Gasteiger partial charge < -0.3 is 10.3 Å². The molecule has 3 rings (SSSR count). The van der Waals surface area contributed by atoms with Crippen LogP contribution in [0.1, 0.15) is 6.42 Å². The molecular weight excluding hydrogens is 332 g/mol. The first-order valence-corrected chi connectivity index (χ1v) is 7.08. The lowest BCUT2D eigenvalue weighted by Crippen LogP contribution is -1.95. The highest BCUT2D eigenvalue weighted by Crippen LogP contribution is 2.31. The smallest absolute Gasteiger partial charge is 0.220 e. The molecule has 0 saturated carbocycles. The van der Waals surface area contributed by atoms with Crippen molar-refractivity contribution in [1.82, 2.24) is 19.5 Å². The second-order valence-corrected chi connectivity index (χ2v) is 5.28. The quantitative estimate of drug-likeness (QED) is 0.738. The Kier molecular flexibility index (Phi) is 3.54. The molecule has 104 valence electrons. The van der Waals surface area contributed by atoms with E-state index in [2.05, 4.69) is 37.0 Å². The molecule has 0 aliphatic heterocycles. The lowest BCUT2D eigenvalue weighted by molar-refractivity contribution is 0.743. The van der Waals surface area contributed by atoms with E-state index in [1.54, 1.807) is 12.4 Å². The first-order chi connectivity index (χ1) is 10.2. The number of fused-ring (bicyclic) bond motifs is 1. The second kappa shape index (κ2) is 5.50. The zero-order valence-corrected chi connectivity index (χ0v) is 12.6. The zero-order valence-electron chi connectivity index (χ0n) is 11.0. The SMILES string of the molecule is N#CCCn1cc(-c2ccnc(N)n2)c2cc(Br)ncc21. The molecule has 0 amide bonds. The molecule has 0 aliphatic carbocycles. The Morgan fingerprint density at radius 2 is 2.24 bits per heavy atom. The maximum atomic E-state index is 8.78. The predicted molar refractivity (Wildman–Crippen MR) is 83.1 cm³/mol. The van der Waals surface area contributed by atoms with Gasteiger partial charge in [-0.05, 0) is 28.1 Å². The molecule has 6 nitrogen and oxygen atoms in total. The summed E-state index contributed by atoms with van der Waals surface area (Å²) in [5, 5.41) is 9.79. The highest BCUT2D eigenvalue weighted by atomic mass is 79.9. The number of nitrogens with two attached hydrogens (primary N) is 1. The normalized spacial score (nSPS) is 10.7. The van der Waals surface area contributed by atoms with Crippen molar-refractivity contribution >= 4 is 32.8 Å². The van der Waals surface area contributed by atoms with Gasteiger partial charge in [0.05, 0.1) is 29.9 Å². The standard InChI is InChI=1S/C14H11BrN6/c15-13-6-9-10(11-2-4-18-14(17)20-11)8-21(5-1-3-16)12(9)7-19-13/h2,4,6-8H,1,5H2,(H2,17,18,20). The van der Waals surface area contributed by atoms with Crippen LogP contribution in [0.2, 0.25) is 0 Å². The fourth-order valence-corrected chi connectivity index (χ4v) is 2.58. The van der Waals surface area contributed by atoms with Gasteiger partial charge in [0.25, 0.3) is 0 Å². The Morgan fingerprint density at radius 3 is 3.00 bits per heavy atom. The largest absolute Gasteiger partial charge is 0.368 e. The molecule has 0 fully saturated rings. The van der Waals surface area contributed by atoms with Gasteiger partial charge in [0.15, 0.2) is 0 Å². The number of aromatic nitrogens is 4. The van der Waals surface area contributed by atoms with Crippen LogP contribution in [0.25, 0.3) is 22.2 Å². The van der Waals surface area contributed by atoms with Crippen molar-refractivity contribution in [3.63, 3.8) is 0 Å². The molecule has 0 atom stereocenters. The fourth-order valence-electron chi connectivity index (χ4n) is 2.25. The van der Waals surface area contributed by atoms with Gasteiger partial charge in [-0.3, -0.25) is 0 Å². The Balaban J connectivity index is 2.22. The van der Waals surface area contributed by atoms with E-state index in [0.717, 1.165) is 26.8 Å². The van der Waals surface area contributed by atoms with E-state index >= 15 is 0 Å². The lowest BCUT2D eigenvalue weighted by atomic mass is 10.1. The summed E-state index contributed by atoms with van der Waals surface area (Å²) in [6, 6.07) is 5.90. The van der Waals surface area contributed by atoms with Gasteiger partial charge in [-0.15, -0.1) is 0 Å². The van der Waals surface area contributed by atoms with Gasteiger partial charge in [-0.1, -0.05) is 0 Å². The average Bonchev–Trinajstić information content (AvgIpc) is 2.83. The summed E-state index contributed by atoms with van der Waals surface area (Å²) in [6.45, 7) is 0.608. The number of nitrogens with zero attached hydrogens (tertiary/aromatic N) is 5. The fraction of sp³-hybridized carbons (Fsp3) is 0.143. The number of aryl methyl sites for hydroxylation is 1. The molecule has 3 heterocycles. The Morgan fingerprint density at radius 1 is 1.38 bits per heavy atom. The van der Waals surface area contributed by atoms with E-state index in [-0.39, 0.29) is 5.95 Å². The van der Waals surface area contributed by atoms with Gasteiger partial charge in [0.2, 0.25) is 5.95 Å². The summed E-state index contributed by atoms with van der Waals surface area (Å²) < 4.78 is 2.75. The second-order valence-electron chi connectivity index (χ2n) is 4.47.